The summed E-state index contributed by atoms with van der Waals surface area (Å²) in [6, 6.07) is -1.86. The van der Waals surface area contributed by atoms with Gasteiger partial charge in [0.15, 0.2) is 0 Å². The van der Waals surface area contributed by atoms with E-state index >= 15 is 0 Å². The summed E-state index contributed by atoms with van der Waals surface area (Å²) in [5, 5.41) is 12.4. The van der Waals surface area contributed by atoms with Crippen LogP contribution in [0.25, 0.3) is 0 Å². The molecule has 1 unspecified atom stereocenters. The van der Waals surface area contributed by atoms with Crippen LogP contribution in [0.3, 0.4) is 0 Å². The van der Waals surface area contributed by atoms with E-state index < -0.39 is 30.6 Å². The van der Waals surface area contributed by atoms with Crippen LogP contribution >= 0.6 is 0 Å². The van der Waals surface area contributed by atoms with Crippen molar-refractivity contribution in [2.24, 2.45) is 0 Å². The zero-order chi connectivity index (χ0) is 12.8. The number of amides is 2. The maximum atomic E-state index is 11.9. The predicted octanol–water partition coefficient (Wildman–Crippen LogP) is 1.10. The lowest BCUT2D eigenvalue weighted by Crippen LogP contribution is -2.43. The topological polar surface area (TPSA) is 78.4 Å². The van der Waals surface area contributed by atoms with E-state index in [1.54, 1.807) is 0 Å². The molecule has 0 aliphatic heterocycles. The molecule has 0 aromatic rings. The van der Waals surface area contributed by atoms with E-state index in [0.717, 1.165) is 0 Å². The molecule has 0 radical (unpaired) electrons. The van der Waals surface area contributed by atoms with Gasteiger partial charge in [-0.1, -0.05) is 0 Å². The Bertz CT molecular complexity index is 255. The third-order valence-corrected chi connectivity index (χ3v) is 1.54. The first-order valence-corrected chi connectivity index (χ1v) is 4.53. The Labute approximate surface area is 90.0 Å². The fourth-order valence-electron chi connectivity index (χ4n) is 0.956. The van der Waals surface area contributed by atoms with Crippen molar-refractivity contribution in [3.05, 3.63) is 0 Å². The highest BCUT2D eigenvalue weighted by Crippen LogP contribution is 2.21. The third kappa shape index (κ3) is 9.10. The molecule has 0 aliphatic rings. The smallest absolute Gasteiger partial charge is 0.391 e. The highest BCUT2D eigenvalue weighted by atomic mass is 19.4. The van der Waals surface area contributed by atoms with E-state index in [1.165, 1.54) is 6.92 Å². The minimum Gasteiger partial charge on any atom is -0.481 e. The summed E-state index contributed by atoms with van der Waals surface area (Å²) in [5.74, 6) is -1.09. The van der Waals surface area contributed by atoms with Crippen molar-refractivity contribution in [2.45, 2.75) is 32.0 Å². The number of hydrogen-bond acceptors (Lipinski definition) is 2. The van der Waals surface area contributed by atoms with Gasteiger partial charge < -0.3 is 15.7 Å². The van der Waals surface area contributed by atoms with Crippen LogP contribution in [0.1, 0.15) is 19.8 Å². The zero-order valence-corrected chi connectivity index (χ0v) is 8.60. The van der Waals surface area contributed by atoms with E-state index in [-0.39, 0.29) is 13.0 Å². The zero-order valence-electron chi connectivity index (χ0n) is 8.60. The van der Waals surface area contributed by atoms with Gasteiger partial charge >= 0.3 is 18.2 Å². The standard InChI is InChI=1S/C8H13F3N2O3/c1-5(4-8(9,10)11)13-7(16)12-3-2-6(14)15/h5H,2-4H2,1H3,(H,14,15)(H2,12,13,16). The minimum atomic E-state index is -4.34. The van der Waals surface area contributed by atoms with Crippen molar-refractivity contribution < 1.29 is 27.9 Å². The Balaban J connectivity index is 3.74. The lowest BCUT2D eigenvalue weighted by molar-refractivity contribution is -0.138. The van der Waals surface area contributed by atoms with Crippen LogP contribution in [0.4, 0.5) is 18.0 Å². The lowest BCUT2D eigenvalue weighted by Gasteiger charge is -2.15. The van der Waals surface area contributed by atoms with Crippen molar-refractivity contribution in [3.8, 4) is 0 Å². The number of carbonyl (C=O) groups is 2. The molecule has 0 bridgehead atoms. The number of urea groups is 1. The monoisotopic (exact) mass is 242 g/mol. The van der Waals surface area contributed by atoms with Crippen molar-refractivity contribution in [2.75, 3.05) is 6.54 Å². The van der Waals surface area contributed by atoms with Gasteiger partial charge in [-0.3, -0.25) is 4.79 Å². The first kappa shape index (κ1) is 14.5. The molecule has 0 aliphatic carbocycles. The van der Waals surface area contributed by atoms with Gasteiger partial charge in [-0.2, -0.15) is 13.2 Å². The Hall–Kier alpha value is -1.47. The fraction of sp³-hybridized carbons (Fsp3) is 0.750. The maximum absolute atomic E-state index is 11.9. The van der Waals surface area contributed by atoms with Gasteiger partial charge in [0.1, 0.15) is 0 Å². The third-order valence-electron chi connectivity index (χ3n) is 1.54. The largest absolute Gasteiger partial charge is 0.481 e. The van der Waals surface area contributed by atoms with E-state index in [1.807, 2.05) is 5.32 Å². The van der Waals surface area contributed by atoms with Gasteiger partial charge in [-0.05, 0) is 6.92 Å². The van der Waals surface area contributed by atoms with Crippen molar-refractivity contribution in [1.29, 1.82) is 0 Å². The van der Waals surface area contributed by atoms with E-state index in [9.17, 15) is 22.8 Å². The summed E-state index contributed by atoms with van der Waals surface area (Å²) in [4.78, 5) is 21.0. The summed E-state index contributed by atoms with van der Waals surface area (Å²) in [5.41, 5.74) is 0. The molecule has 0 aromatic carbocycles. The van der Waals surface area contributed by atoms with Gasteiger partial charge in [0.05, 0.1) is 12.8 Å². The molecule has 94 valence electrons. The van der Waals surface area contributed by atoms with Gasteiger partial charge in [0, 0.05) is 12.6 Å². The summed E-state index contributed by atoms with van der Waals surface area (Å²) in [7, 11) is 0. The molecule has 8 heteroatoms. The Morgan fingerprint density at radius 1 is 1.38 bits per heavy atom. The van der Waals surface area contributed by atoms with Crippen molar-refractivity contribution in [3.63, 3.8) is 0 Å². The molecule has 0 fully saturated rings. The van der Waals surface area contributed by atoms with Gasteiger partial charge in [0.25, 0.3) is 0 Å². The number of halogens is 3. The highest BCUT2D eigenvalue weighted by molar-refractivity contribution is 5.75. The Morgan fingerprint density at radius 3 is 2.38 bits per heavy atom. The maximum Gasteiger partial charge on any atom is 0.391 e. The number of hydrogen-bond donors (Lipinski definition) is 3. The average molecular weight is 242 g/mol. The first-order valence-electron chi connectivity index (χ1n) is 4.53. The normalized spacial score (nSPS) is 13.0. The number of carboxylic acids is 1. The Morgan fingerprint density at radius 2 is 1.94 bits per heavy atom. The molecule has 1 atom stereocenters. The SMILES string of the molecule is CC(CC(F)(F)F)NC(=O)NCCC(=O)O. The minimum absolute atomic E-state index is 0.125. The van der Waals surface area contributed by atoms with Crippen molar-refractivity contribution >= 4 is 12.0 Å². The van der Waals surface area contributed by atoms with E-state index in [2.05, 4.69) is 5.32 Å². The van der Waals surface area contributed by atoms with E-state index in [0.29, 0.717) is 0 Å². The van der Waals surface area contributed by atoms with Gasteiger partial charge in [0.2, 0.25) is 0 Å². The number of alkyl halides is 3. The van der Waals surface area contributed by atoms with Crippen LogP contribution in [0.15, 0.2) is 0 Å². The van der Waals surface area contributed by atoms with Crippen molar-refractivity contribution in [1.82, 2.24) is 10.6 Å². The molecule has 0 heterocycles. The van der Waals surface area contributed by atoms with Crippen LogP contribution in [0, 0.1) is 0 Å². The van der Waals surface area contributed by atoms with E-state index in [4.69, 9.17) is 5.11 Å². The molecule has 5 nitrogen and oxygen atoms in total. The highest BCUT2D eigenvalue weighted by Gasteiger charge is 2.30. The van der Waals surface area contributed by atoms with Crippen LogP contribution in [-0.4, -0.2) is 35.9 Å². The van der Waals surface area contributed by atoms with Crippen LogP contribution in [0.2, 0.25) is 0 Å². The fourth-order valence-corrected chi connectivity index (χ4v) is 0.956. The predicted molar refractivity (Wildman–Crippen MR) is 48.9 cm³/mol. The lowest BCUT2D eigenvalue weighted by atomic mass is 10.2. The number of nitrogens with one attached hydrogen (secondary N) is 2. The molecular formula is C8H13F3N2O3. The van der Waals surface area contributed by atoms with Crippen LogP contribution in [-0.2, 0) is 4.79 Å². The molecule has 2 amide bonds. The average Bonchev–Trinajstić information content (AvgIpc) is 1.98. The summed E-state index contributed by atoms with van der Waals surface area (Å²) in [6.45, 7) is 1.09. The summed E-state index contributed by atoms with van der Waals surface area (Å²) >= 11 is 0. The molecule has 0 aromatic heterocycles. The number of rotatable bonds is 5. The molecule has 0 saturated carbocycles. The molecule has 0 rings (SSSR count). The quantitative estimate of drug-likeness (QED) is 0.675. The summed E-state index contributed by atoms with van der Waals surface area (Å²) < 4.78 is 35.6. The number of carbonyl (C=O) groups excluding carboxylic acids is 1. The van der Waals surface area contributed by atoms with Crippen LogP contribution in [0.5, 0.6) is 0 Å². The second-order valence-electron chi connectivity index (χ2n) is 3.26. The molecule has 0 spiro atoms. The van der Waals surface area contributed by atoms with Crippen LogP contribution < -0.4 is 10.6 Å². The Kier molecular flexibility index (Phi) is 5.62. The molecule has 16 heavy (non-hydrogen) atoms. The molecule has 0 saturated heterocycles. The second-order valence-corrected chi connectivity index (χ2v) is 3.26. The van der Waals surface area contributed by atoms with Gasteiger partial charge in [-0.15, -0.1) is 0 Å². The molecule has 3 N–H and O–H groups in total. The summed E-state index contributed by atoms with van der Waals surface area (Å²) in [6.07, 6.45) is -5.74. The van der Waals surface area contributed by atoms with Gasteiger partial charge in [-0.25, -0.2) is 4.79 Å². The second kappa shape index (κ2) is 6.19. The number of carboxylic acid groups (broad SMARTS) is 1. The molecular weight excluding hydrogens is 229 g/mol. The number of aliphatic carboxylic acids is 1. The first-order chi connectivity index (χ1) is 7.20.